The summed E-state index contributed by atoms with van der Waals surface area (Å²) in [6, 6.07) is 12.5. The molecule has 5 heteroatoms. The number of aromatic nitrogens is 1. The molecule has 0 radical (unpaired) electrons. The molecular weight excluding hydrogens is 332 g/mol. The van der Waals surface area contributed by atoms with Crippen molar-refractivity contribution in [3.8, 4) is 5.88 Å². The molecule has 1 saturated heterocycles. The second-order valence-corrected chi connectivity index (χ2v) is 7.18. The third-order valence-corrected chi connectivity index (χ3v) is 5.70. The maximum Gasteiger partial charge on any atom is 0.212 e. The summed E-state index contributed by atoms with van der Waals surface area (Å²) in [6.07, 6.45) is 4.57. The predicted molar refractivity (Wildman–Crippen MR) is 101 cm³/mol. The van der Waals surface area contributed by atoms with E-state index < -0.39 is 0 Å². The van der Waals surface area contributed by atoms with Crippen molar-refractivity contribution in [1.82, 2.24) is 9.88 Å². The van der Waals surface area contributed by atoms with Crippen LogP contribution in [0.4, 0.5) is 0 Å². The first-order valence-electron chi connectivity index (χ1n) is 8.69. The third-order valence-electron chi connectivity index (χ3n) is 5.30. The Morgan fingerprint density at radius 3 is 2.76 bits per heavy atom. The summed E-state index contributed by atoms with van der Waals surface area (Å²) in [5.74, 6) is 0.631. The van der Waals surface area contributed by atoms with Gasteiger partial charge in [-0.15, -0.1) is 0 Å². The zero-order valence-corrected chi connectivity index (χ0v) is 15.2. The first kappa shape index (κ1) is 16.5. The highest BCUT2D eigenvalue weighted by molar-refractivity contribution is 7.80. The molecule has 0 unspecified atom stereocenters. The minimum Gasteiger partial charge on any atom is -0.481 e. The molecule has 25 heavy (non-hydrogen) atoms. The van der Waals surface area contributed by atoms with Crippen molar-refractivity contribution in [2.24, 2.45) is 0 Å². The number of fused-ring (bicyclic) bond motifs is 2. The van der Waals surface area contributed by atoms with E-state index in [1.165, 1.54) is 11.1 Å². The first-order chi connectivity index (χ1) is 12.2. The van der Waals surface area contributed by atoms with Gasteiger partial charge in [0, 0.05) is 31.8 Å². The normalized spacial score (nSPS) is 18.2. The molecule has 1 aromatic heterocycles. The van der Waals surface area contributed by atoms with Crippen molar-refractivity contribution in [2.75, 3.05) is 20.2 Å². The van der Waals surface area contributed by atoms with E-state index in [0.29, 0.717) is 5.88 Å². The Balaban J connectivity index is 1.39. The Hall–Kier alpha value is -1.98. The van der Waals surface area contributed by atoms with E-state index in [1.807, 2.05) is 18.3 Å². The Labute approximate surface area is 153 Å². The summed E-state index contributed by atoms with van der Waals surface area (Å²) in [5, 5.41) is 0. The van der Waals surface area contributed by atoms with Crippen LogP contribution in [-0.2, 0) is 23.4 Å². The number of nitrogens with zero attached hydrogens (tertiary/aromatic N) is 2. The zero-order valence-electron chi connectivity index (χ0n) is 14.4. The van der Waals surface area contributed by atoms with Crippen LogP contribution in [0.5, 0.6) is 5.88 Å². The standard InChI is InChI=1S/C20H22N2O2S/c1-23-18-7-6-15(13-21-18)12-19(25)22-10-8-20(9-11-22)17-5-3-2-4-16(17)14-24-20/h2-7,13H,8-12,14H2,1H3. The molecule has 4 rings (SSSR count). The fraction of sp³-hybridized carbons (Fsp3) is 0.400. The summed E-state index contributed by atoms with van der Waals surface area (Å²) < 4.78 is 11.3. The fourth-order valence-corrected chi connectivity index (χ4v) is 4.19. The zero-order chi connectivity index (χ0) is 17.3. The minimum absolute atomic E-state index is 0.107. The van der Waals surface area contributed by atoms with E-state index in [2.05, 4.69) is 34.1 Å². The molecule has 0 aliphatic carbocycles. The van der Waals surface area contributed by atoms with E-state index in [-0.39, 0.29) is 5.60 Å². The highest BCUT2D eigenvalue weighted by Gasteiger charge is 2.42. The van der Waals surface area contributed by atoms with Gasteiger partial charge in [-0.2, -0.15) is 0 Å². The van der Waals surface area contributed by atoms with Gasteiger partial charge in [0.25, 0.3) is 0 Å². The van der Waals surface area contributed by atoms with Crippen molar-refractivity contribution in [2.45, 2.75) is 31.5 Å². The molecule has 2 aromatic rings. The van der Waals surface area contributed by atoms with E-state index in [0.717, 1.165) is 49.5 Å². The van der Waals surface area contributed by atoms with Gasteiger partial charge in [-0.1, -0.05) is 42.5 Å². The molecule has 130 valence electrons. The molecule has 2 aliphatic heterocycles. The highest BCUT2D eigenvalue weighted by atomic mass is 32.1. The van der Waals surface area contributed by atoms with Crippen LogP contribution in [0.3, 0.4) is 0 Å². The summed E-state index contributed by atoms with van der Waals surface area (Å²) in [4.78, 5) is 7.55. The molecule has 2 aliphatic rings. The molecule has 0 amide bonds. The highest BCUT2D eigenvalue weighted by Crippen LogP contribution is 2.44. The number of ether oxygens (including phenoxy) is 2. The van der Waals surface area contributed by atoms with Gasteiger partial charge in [-0.25, -0.2) is 4.98 Å². The summed E-state index contributed by atoms with van der Waals surface area (Å²) >= 11 is 5.68. The fourth-order valence-electron chi connectivity index (χ4n) is 3.84. The van der Waals surface area contributed by atoms with E-state index >= 15 is 0 Å². The molecular formula is C20H22N2O2S. The van der Waals surface area contributed by atoms with Crippen molar-refractivity contribution >= 4 is 17.2 Å². The van der Waals surface area contributed by atoms with Crippen LogP contribution in [0.2, 0.25) is 0 Å². The maximum atomic E-state index is 6.23. The molecule has 0 N–H and O–H groups in total. The van der Waals surface area contributed by atoms with Crippen LogP contribution in [0.1, 0.15) is 29.5 Å². The second-order valence-electron chi connectivity index (χ2n) is 6.71. The minimum atomic E-state index is -0.107. The Kier molecular flexibility index (Phi) is 4.44. The van der Waals surface area contributed by atoms with E-state index in [9.17, 15) is 0 Å². The lowest BCUT2D eigenvalue weighted by atomic mass is 9.84. The predicted octanol–water partition coefficient (Wildman–Crippen LogP) is 3.48. The van der Waals surface area contributed by atoms with Crippen molar-refractivity contribution < 1.29 is 9.47 Å². The number of hydrogen-bond acceptors (Lipinski definition) is 4. The summed E-state index contributed by atoms with van der Waals surface area (Å²) in [6.45, 7) is 2.62. The molecule has 1 aromatic carbocycles. The third kappa shape index (κ3) is 3.14. The monoisotopic (exact) mass is 354 g/mol. The van der Waals surface area contributed by atoms with Crippen LogP contribution in [0, 0.1) is 0 Å². The molecule has 4 nitrogen and oxygen atoms in total. The summed E-state index contributed by atoms with van der Waals surface area (Å²) in [7, 11) is 1.62. The van der Waals surface area contributed by atoms with Gasteiger partial charge >= 0.3 is 0 Å². The van der Waals surface area contributed by atoms with Crippen LogP contribution in [0.25, 0.3) is 0 Å². The van der Waals surface area contributed by atoms with Crippen molar-refractivity contribution in [1.29, 1.82) is 0 Å². The topological polar surface area (TPSA) is 34.6 Å². The van der Waals surface area contributed by atoms with Gasteiger partial charge in [0.1, 0.15) is 0 Å². The Bertz CT molecular complexity index is 768. The summed E-state index contributed by atoms with van der Waals surface area (Å²) in [5.41, 5.74) is 3.72. The quantitative estimate of drug-likeness (QED) is 0.789. The second kappa shape index (κ2) is 6.73. The molecule has 0 saturated carbocycles. The van der Waals surface area contributed by atoms with Crippen molar-refractivity contribution in [3.63, 3.8) is 0 Å². The largest absolute Gasteiger partial charge is 0.481 e. The smallest absolute Gasteiger partial charge is 0.212 e. The molecule has 1 spiro atoms. The SMILES string of the molecule is COc1ccc(CC(=S)N2CCC3(CC2)OCc2ccccc23)cn1. The van der Waals surface area contributed by atoms with Gasteiger partial charge in [0.2, 0.25) is 5.88 Å². The van der Waals surface area contributed by atoms with Gasteiger partial charge in [-0.3, -0.25) is 0 Å². The van der Waals surface area contributed by atoms with Gasteiger partial charge in [-0.05, 0) is 29.5 Å². The lowest BCUT2D eigenvalue weighted by Gasteiger charge is -2.40. The number of thiocarbonyl (C=S) groups is 1. The van der Waals surface area contributed by atoms with E-state index in [1.54, 1.807) is 7.11 Å². The Morgan fingerprint density at radius 1 is 1.24 bits per heavy atom. The van der Waals surface area contributed by atoms with Crippen LogP contribution in [-0.4, -0.2) is 35.1 Å². The lowest BCUT2D eigenvalue weighted by Crippen LogP contribution is -2.45. The van der Waals surface area contributed by atoms with E-state index in [4.69, 9.17) is 21.7 Å². The van der Waals surface area contributed by atoms with Gasteiger partial charge in [0.15, 0.2) is 0 Å². The number of piperidine rings is 1. The molecule has 0 atom stereocenters. The van der Waals surface area contributed by atoms with Gasteiger partial charge < -0.3 is 14.4 Å². The van der Waals surface area contributed by atoms with Crippen LogP contribution in [0.15, 0.2) is 42.6 Å². The van der Waals surface area contributed by atoms with Gasteiger partial charge in [0.05, 0.1) is 24.3 Å². The average molecular weight is 354 g/mol. The Morgan fingerprint density at radius 2 is 2.04 bits per heavy atom. The van der Waals surface area contributed by atoms with Crippen LogP contribution >= 0.6 is 12.2 Å². The average Bonchev–Trinajstić information content (AvgIpc) is 3.01. The number of benzene rings is 1. The number of likely N-dealkylation sites (tertiary alicyclic amines) is 1. The lowest BCUT2D eigenvalue weighted by molar-refractivity contribution is -0.0704. The molecule has 3 heterocycles. The number of pyridine rings is 1. The number of methoxy groups -OCH3 is 1. The maximum absolute atomic E-state index is 6.23. The first-order valence-corrected chi connectivity index (χ1v) is 9.10. The molecule has 1 fully saturated rings. The molecule has 0 bridgehead atoms. The number of hydrogen-bond donors (Lipinski definition) is 0. The number of rotatable bonds is 3. The van der Waals surface area contributed by atoms with Crippen LogP contribution < -0.4 is 4.74 Å². The van der Waals surface area contributed by atoms with Crippen molar-refractivity contribution in [3.05, 3.63) is 59.3 Å².